The number of hydrogen-bond donors (Lipinski definition) is 0. The maximum atomic E-state index is 5.30. The summed E-state index contributed by atoms with van der Waals surface area (Å²) in [6.45, 7) is 3.32. The molecule has 1 aliphatic carbocycles. The van der Waals surface area contributed by atoms with Crippen molar-refractivity contribution in [2.24, 2.45) is 0 Å². The molecule has 1 atom stereocenters. The summed E-state index contributed by atoms with van der Waals surface area (Å²) in [5, 5.41) is 0. The molecule has 2 fully saturated rings. The van der Waals surface area contributed by atoms with Gasteiger partial charge in [-0.15, -0.1) is 6.42 Å². The van der Waals surface area contributed by atoms with Crippen molar-refractivity contribution >= 4 is 0 Å². The molecule has 0 N–H and O–H groups in total. The zero-order chi connectivity index (χ0) is 9.26. The number of likely N-dealkylation sites (N-methyl/N-ethyl adjacent to an activating group) is 1. The third kappa shape index (κ3) is 2.04. The van der Waals surface area contributed by atoms with E-state index in [2.05, 4.69) is 22.8 Å². The molecule has 2 nitrogen and oxygen atoms in total. The molecule has 0 aromatic heterocycles. The summed E-state index contributed by atoms with van der Waals surface area (Å²) in [7, 11) is 2.14. The van der Waals surface area contributed by atoms with Crippen LogP contribution in [0.2, 0.25) is 0 Å². The highest BCUT2D eigenvalue weighted by atomic mass is 15.3. The van der Waals surface area contributed by atoms with Crippen molar-refractivity contribution in [2.45, 2.75) is 31.3 Å². The molecule has 0 aromatic carbocycles. The molecule has 72 valence electrons. The van der Waals surface area contributed by atoms with Gasteiger partial charge >= 0.3 is 0 Å². The lowest BCUT2D eigenvalue weighted by molar-refractivity contribution is 0.249. The van der Waals surface area contributed by atoms with Gasteiger partial charge in [-0.2, -0.15) is 0 Å². The van der Waals surface area contributed by atoms with Gasteiger partial charge in [0.1, 0.15) is 0 Å². The van der Waals surface area contributed by atoms with Gasteiger partial charge in [-0.05, 0) is 26.3 Å². The Morgan fingerprint density at radius 2 is 2.23 bits per heavy atom. The summed E-state index contributed by atoms with van der Waals surface area (Å²) >= 11 is 0. The van der Waals surface area contributed by atoms with Crippen molar-refractivity contribution < 1.29 is 0 Å². The molecule has 1 aliphatic heterocycles. The molecule has 0 aromatic rings. The predicted molar refractivity (Wildman–Crippen MR) is 54.5 cm³/mol. The van der Waals surface area contributed by atoms with Gasteiger partial charge in [0.05, 0.1) is 6.54 Å². The Morgan fingerprint density at radius 3 is 2.85 bits per heavy atom. The largest absolute Gasteiger partial charge is 0.299 e. The molecule has 13 heavy (non-hydrogen) atoms. The summed E-state index contributed by atoms with van der Waals surface area (Å²) < 4.78 is 0. The Kier molecular flexibility index (Phi) is 2.57. The van der Waals surface area contributed by atoms with Crippen LogP contribution in [0.3, 0.4) is 0 Å². The second-order valence-electron chi connectivity index (χ2n) is 4.29. The Labute approximate surface area is 80.9 Å². The predicted octanol–water partition coefficient (Wildman–Crippen LogP) is 0.788. The number of rotatable bonds is 3. The van der Waals surface area contributed by atoms with Crippen LogP contribution in [0.4, 0.5) is 0 Å². The Morgan fingerprint density at radius 1 is 1.46 bits per heavy atom. The Hall–Kier alpha value is -0.520. The van der Waals surface area contributed by atoms with E-state index in [-0.39, 0.29) is 0 Å². The lowest BCUT2D eigenvalue weighted by atomic mass is 10.2. The molecule has 0 spiro atoms. The zero-order valence-corrected chi connectivity index (χ0v) is 8.37. The molecule has 1 unspecified atom stereocenters. The fourth-order valence-corrected chi connectivity index (χ4v) is 2.17. The summed E-state index contributed by atoms with van der Waals surface area (Å²) in [6.07, 6.45) is 9.44. The molecule has 1 saturated carbocycles. The highest BCUT2D eigenvalue weighted by molar-refractivity contribution is 4.95. The average Bonchev–Trinajstić information content (AvgIpc) is 2.84. The smallest absolute Gasteiger partial charge is 0.0599 e. The van der Waals surface area contributed by atoms with Crippen LogP contribution in [0.1, 0.15) is 19.3 Å². The van der Waals surface area contributed by atoms with Crippen LogP contribution in [-0.2, 0) is 0 Å². The minimum absolute atomic E-state index is 0.705. The first kappa shape index (κ1) is 9.05. The monoisotopic (exact) mass is 178 g/mol. The number of likely N-dealkylation sites (tertiary alicyclic amines) is 1. The topological polar surface area (TPSA) is 6.48 Å². The second-order valence-corrected chi connectivity index (χ2v) is 4.29. The Balaban J connectivity index is 1.80. The zero-order valence-electron chi connectivity index (χ0n) is 8.37. The molecule has 0 bridgehead atoms. The van der Waals surface area contributed by atoms with Crippen molar-refractivity contribution in [1.82, 2.24) is 9.80 Å². The first-order valence-corrected chi connectivity index (χ1v) is 5.19. The molecule has 1 saturated heterocycles. The van der Waals surface area contributed by atoms with Crippen molar-refractivity contribution in [1.29, 1.82) is 0 Å². The van der Waals surface area contributed by atoms with Crippen LogP contribution in [0, 0.1) is 12.3 Å². The lowest BCUT2D eigenvalue weighted by Crippen LogP contribution is -2.35. The number of terminal acetylenes is 1. The number of hydrogen-bond acceptors (Lipinski definition) is 2. The Bertz CT molecular complexity index is 215. The van der Waals surface area contributed by atoms with Gasteiger partial charge in [-0.3, -0.25) is 9.80 Å². The van der Waals surface area contributed by atoms with Gasteiger partial charge in [0, 0.05) is 25.2 Å². The minimum Gasteiger partial charge on any atom is -0.299 e. The van der Waals surface area contributed by atoms with E-state index in [1.165, 1.54) is 32.4 Å². The first-order chi connectivity index (χ1) is 6.31. The molecule has 2 heteroatoms. The maximum absolute atomic E-state index is 5.30. The summed E-state index contributed by atoms with van der Waals surface area (Å²) in [5.41, 5.74) is 0. The van der Waals surface area contributed by atoms with Crippen LogP contribution in [0.5, 0.6) is 0 Å². The van der Waals surface area contributed by atoms with E-state index in [0.717, 1.165) is 12.6 Å². The van der Waals surface area contributed by atoms with Gasteiger partial charge in [0.2, 0.25) is 0 Å². The van der Waals surface area contributed by atoms with Crippen LogP contribution < -0.4 is 0 Å². The van der Waals surface area contributed by atoms with E-state index in [9.17, 15) is 0 Å². The van der Waals surface area contributed by atoms with E-state index < -0.39 is 0 Å². The van der Waals surface area contributed by atoms with Crippen molar-refractivity contribution in [3.05, 3.63) is 0 Å². The lowest BCUT2D eigenvalue weighted by Gasteiger charge is -2.22. The maximum Gasteiger partial charge on any atom is 0.0599 e. The summed E-state index contributed by atoms with van der Waals surface area (Å²) in [6, 6.07) is 1.63. The van der Waals surface area contributed by atoms with E-state index in [1.54, 1.807) is 0 Å². The number of nitrogens with zero attached hydrogens (tertiary/aromatic N) is 2. The second kappa shape index (κ2) is 3.69. The average molecular weight is 178 g/mol. The molecule has 0 radical (unpaired) electrons. The van der Waals surface area contributed by atoms with Crippen molar-refractivity contribution in [2.75, 3.05) is 26.7 Å². The van der Waals surface area contributed by atoms with Crippen LogP contribution >= 0.6 is 0 Å². The summed E-state index contributed by atoms with van der Waals surface area (Å²) in [5.74, 6) is 2.71. The fraction of sp³-hybridized carbons (Fsp3) is 0.818. The van der Waals surface area contributed by atoms with Gasteiger partial charge in [-0.25, -0.2) is 0 Å². The van der Waals surface area contributed by atoms with Gasteiger partial charge in [-0.1, -0.05) is 5.92 Å². The molecular formula is C11H18N2. The highest BCUT2D eigenvalue weighted by Gasteiger charge is 2.35. The van der Waals surface area contributed by atoms with E-state index in [1.807, 2.05) is 0 Å². The van der Waals surface area contributed by atoms with Gasteiger partial charge < -0.3 is 0 Å². The van der Waals surface area contributed by atoms with E-state index in [4.69, 9.17) is 6.42 Å². The first-order valence-electron chi connectivity index (χ1n) is 5.19. The van der Waals surface area contributed by atoms with Crippen LogP contribution in [-0.4, -0.2) is 48.6 Å². The third-order valence-corrected chi connectivity index (χ3v) is 3.22. The SMILES string of the molecule is C#CCN(C)C1CCN(C2CC2)C1. The van der Waals surface area contributed by atoms with Crippen molar-refractivity contribution in [3.8, 4) is 12.3 Å². The molecule has 0 amide bonds. The van der Waals surface area contributed by atoms with Crippen molar-refractivity contribution in [3.63, 3.8) is 0 Å². The fourth-order valence-electron chi connectivity index (χ4n) is 2.17. The molecule has 1 heterocycles. The van der Waals surface area contributed by atoms with Crippen LogP contribution in [0.25, 0.3) is 0 Å². The molecular weight excluding hydrogens is 160 g/mol. The van der Waals surface area contributed by atoms with Crippen LogP contribution in [0.15, 0.2) is 0 Å². The quantitative estimate of drug-likeness (QED) is 0.589. The highest BCUT2D eigenvalue weighted by Crippen LogP contribution is 2.30. The van der Waals surface area contributed by atoms with Gasteiger partial charge in [0.25, 0.3) is 0 Å². The molecule has 2 aliphatic rings. The third-order valence-electron chi connectivity index (χ3n) is 3.22. The van der Waals surface area contributed by atoms with Gasteiger partial charge in [0.15, 0.2) is 0 Å². The van der Waals surface area contributed by atoms with E-state index in [0.29, 0.717) is 6.04 Å². The standard InChI is InChI=1S/C11H18N2/c1-3-7-12(2)11-6-8-13(9-11)10-4-5-10/h1,10-11H,4-9H2,2H3. The normalized spacial score (nSPS) is 29.5. The molecule has 2 rings (SSSR count). The minimum atomic E-state index is 0.705. The summed E-state index contributed by atoms with van der Waals surface area (Å²) in [4.78, 5) is 4.93. The van der Waals surface area contributed by atoms with E-state index >= 15 is 0 Å².